The number of nitrogens with zero attached hydrogens (tertiary/aromatic N) is 2. The maximum Gasteiger partial charge on any atom is 0.355 e. The fourth-order valence-electron chi connectivity index (χ4n) is 5.37. The minimum absolute atomic E-state index is 0.00136. The number of H-pyrrole nitrogens is 1. The van der Waals surface area contributed by atoms with Gasteiger partial charge in [-0.1, -0.05) is 12.8 Å². The molecule has 8 heteroatoms. The zero-order valence-corrected chi connectivity index (χ0v) is 21.9. The molecule has 2 fully saturated rings. The average Bonchev–Trinajstić information content (AvgIpc) is 3.01. The van der Waals surface area contributed by atoms with Gasteiger partial charge in [0.25, 0.3) is 0 Å². The maximum atomic E-state index is 12.8. The highest BCUT2D eigenvalue weighted by atomic mass is 16.5. The fourth-order valence-corrected chi connectivity index (χ4v) is 5.37. The van der Waals surface area contributed by atoms with Crippen LogP contribution in [0.2, 0.25) is 0 Å². The number of carbonyl (C=O) groups is 3. The summed E-state index contributed by atoms with van der Waals surface area (Å²) < 4.78 is 5.11. The summed E-state index contributed by atoms with van der Waals surface area (Å²) in [6, 6.07) is 0. The van der Waals surface area contributed by atoms with Crippen LogP contribution in [0.25, 0.3) is 0 Å². The van der Waals surface area contributed by atoms with E-state index < -0.39 is 0 Å². The van der Waals surface area contributed by atoms with Gasteiger partial charge >= 0.3 is 5.97 Å². The number of amides is 2. The summed E-state index contributed by atoms with van der Waals surface area (Å²) in [4.78, 5) is 45.0. The van der Waals surface area contributed by atoms with E-state index >= 15 is 0 Å². The monoisotopic (exact) mass is 488 g/mol. The predicted molar refractivity (Wildman–Crippen MR) is 136 cm³/mol. The van der Waals surface area contributed by atoms with E-state index in [2.05, 4.69) is 15.2 Å². The molecule has 8 nitrogen and oxygen atoms in total. The second kappa shape index (κ2) is 13.7. The SMILES string of the molecule is CCOC(=O)c1[nH]c(C)c(CCC(=O)N2CCC(C(=O)NCCCN3CCCCCC3)CC2)c1C. The summed E-state index contributed by atoms with van der Waals surface area (Å²) in [7, 11) is 0. The molecule has 3 heterocycles. The van der Waals surface area contributed by atoms with Crippen LogP contribution in [0.4, 0.5) is 0 Å². The van der Waals surface area contributed by atoms with Crippen LogP contribution < -0.4 is 5.32 Å². The number of hydrogen-bond acceptors (Lipinski definition) is 5. The van der Waals surface area contributed by atoms with E-state index in [1.54, 1.807) is 6.92 Å². The van der Waals surface area contributed by atoms with Crippen molar-refractivity contribution in [1.29, 1.82) is 0 Å². The third kappa shape index (κ3) is 7.82. The van der Waals surface area contributed by atoms with Crippen molar-refractivity contribution in [3.8, 4) is 0 Å². The van der Waals surface area contributed by atoms with E-state index in [1.165, 1.54) is 38.8 Å². The van der Waals surface area contributed by atoms with Crippen LogP contribution in [0.15, 0.2) is 0 Å². The Morgan fingerprint density at radius 3 is 2.37 bits per heavy atom. The van der Waals surface area contributed by atoms with Gasteiger partial charge in [-0.05, 0) is 90.1 Å². The number of ether oxygens (including phenoxy) is 1. The summed E-state index contributed by atoms with van der Waals surface area (Å²) in [5.74, 6) is -0.108. The summed E-state index contributed by atoms with van der Waals surface area (Å²) >= 11 is 0. The van der Waals surface area contributed by atoms with E-state index in [9.17, 15) is 14.4 Å². The smallest absolute Gasteiger partial charge is 0.355 e. The number of rotatable bonds is 10. The van der Waals surface area contributed by atoms with Crippen LogP contribution in [0.3, 0.4) is 0 Å². The first kappa shape index (κ1) is 27.2. The molecule has 0 saturated carbocycles. The molecule has 0 atom stereocenters. The molecule has 0 aromatic carbocycles. The van der Waals surface area contributed by atoms with E-state index in [0.717, 1.165) is 49.2 Å². The van der Waals surface area contributed by atoms with E-state index in [0.29, 0.717) is 38.2 Å². The molecule has 3 rings (SSSR count). The molecule has 0 unspecified atom stereocenters. The lowest BCUT2D eigenvalue weighted by Gasteiger charge is -2.31. The Morgan fingerprint density at radius 1 is 1.03 bits per heavy atom. The van der Waals surface area contributed by atoms with Crippen LogP contribution in [0.5, 0.6) is 0 Å². The number of carbonyl (C=O) groups excluding carboxylic acids is 3. The molecule has 0 bridgehead atoms. The van der Waals surface area contributed by atoms with Crippen molar-refractivity contribution in [3.05, 3.63) is 22.5 Å². The molecule has 1 aromatic rings. The van der Waals surface area contributed by atoms with E-state index in [-0.39, 0.29) is 23.7 Å². The van der Waals surface area contributed by atoms with Gasteiger partial charge in [-0.15, -0.1) is 0 Å². The molecular formula is C27H44N4O4. The Bertz CT molecular complexity index is 850. The van der Waals surface area contributed by atoms with E-state index in [4.69, 9.17) is 4.74 Å². The van der Waals surface area contributed by atoms with Crippen molar-refractivity contribution in [2.24, 2.45) is 5.92 Å². The van der Waals surface area contributed by atoms with Gasteiger partial charge in [-0.2, -0.15) is 0 Å². The van der Waals surface area contributed by atoms with Crippen molar-refractivity contribution in [3.63, 3.8) is 0 Å². The number of aromatic amines is 1. The molecule has 2 aliphatic heterocycles. The first-order valence-corrected chi connectivity index (χ1v) is 13.5. The van der Waals surface area contributed by atoms with Crippen LogP contribution in [0, 0.1) is 19.8 Å². The quantitative estimate of drug-likeness (QED) is 0.389. The van der Waals surface area contributed by atoms with Crippen LogP contribution >= 0.6 is 0 Å². The number of hydrogen-bond donors (Lipinski definition) is 2. The number of piperidine rings is 1. The molecular weight excluding hydrogens is 444 g/mol. The Hall–Kier alpha value is -2.35. The second-order valence-electron chi connectivity index (χ2n) is 10.0. The molecule has 2 amide bonds. The zero-order chi connectivity index (χ0) is 25.2. The Morgan fingerprint density at radius 2 is 1.71 bits per heavy atom. The second-order valence-corrected chi connectivity index (χ2v) is 10.0. The van der Waals surface area contributed by atoms with Gasteiger partial charge in [-0.3, -0.25) is 9.59 Å². The predicted octanol–water partition coefficient (Wildman–Crippen LogP) is 3.36. The van der Waals surface area contributed by atoms with Crippen molar-refractivity contribution >= 4 is 17.8 Å². The van der Waals surface area contributed by atoms with Gasteiger partial charge in [-0.25, -0.2) is 4.79 Å². The van der Waals surface area contributed by atoms with Crippen LogP contribution in [-0.4, -0.2) is 78.4 Å². The third-order valence-electron chi connectivity index (χ3n) is 7.53. The average molecular weight is 489 g/mol. The molecule has 2 aliphatic rings. The van der Waals surface area contributed by atoms with Gasteiger partial charge < -0.3 is 24.8 Å². The minimum Gasteiger partial charge on any atom is -0.461 e. The Labute approximate surface area is 210 Å². The lowest BCUT2D eigenvalue weighted by atomic mass is 9.95. The number of nitrogens with one attached hydrogen (secondary N) is 2. The fraction of sp³-hybridized carbons (Fsp3) is 0.741. The van der Waals surface area contributed by atoms with Crippen LogP contribution in [-0.2, 0) is 20.7 Å². The lowest BCUT2D eigenvalue weighted by molar-refractivity contribution is -0.135. The maximum absolute atomic E-state index is 12.8. The molecule has 1 aromatic heterocycles. The van der Waals surface area contributed by atoms with Gasteiger partial charge in [0, 0.05) is 37.7 Å². The molecule has 0 radical (unpaired) electrons. The molecule has 2 saturated heterocycles. The highest BCUT2D eigenvalue weighted by molar-refractivity contribution is 5.90. The summed E-state index contributed by atoms with van der Waals surface area (Å²) in [6.45, 7) is 11.4. The highest BCUT2D eigenvalue weighted by Gasteiger charge is 2.27. The molecule has 35 heavy (non-hydrogen) atoms. The van der Waals surface area contributed by atoms with Gasteiger partial charge in [0.1, 0.15) is 5.69 Å². The largest absolute Gasteiger partial charge is 0.461 e. The zero-order valence-electron chi connectivity index (χ0n) is 21.9. The first-order valence-electron chi connectivity index (χ1n) is 13.5. The molecule has 0 aliphatic carbocycles. The normalized spacial score (nSPS) is 17.7. The van der Waals surface area contributed by atoms with E-state index in [1.807, 2.05) is 18.7 Å². The third-order valence-corrected chi connectivity index (χ3v) is 7.53. The van der Waals surface area contributed by atoms with Gasteiger partial charge in [0.05, 0.1) is 6.61 Å². The topological polar surface area (TPSA) is 94.7 Å². The summed E-state index contributed by atoms with van der Waals surface area (Å²) in [5, 5.41) is 3.12. The van der Waals surface area contributed by atoms with Gasteiger partial charge in [0.2, 0.25) is 11.8 Å². The Balaban J connectivity index is 1.36. The molecule has 196 valence electrons. The van der Waals surface area contributed by atoms with Crippen LogP contribution in [0.1, 0.15) is 85.6 Å². The summed E-state index contributed by atoms with van der Waals surface area (Å²) in [6.07, 6.45) is 8.70. The minimum atomic E-state index is -0.354. The molecule has 2 N–H and O–H groups in total. The highest BCUT2D eigenvalue weighted by Crippen LogP contribution is 2.22. The van der Waals surface area contributed by atoms with Crippen molar-refractivity contribution in [2.45, 2.75) is 78.6 Å². The number of likely N-dealkylation sites (tertiary alicyclic amines) is 2. The standard InChI is InChI=1S/C27H44N4O4/c1-4-35-27(34)25-20(2)23(21(3)29-25)10-11-24(32)31-18-12-22(13-19-31)26(33)28-14-9-17-30-15-7-5-6-8-16-30/h22,29H,4-19H2,1-3H3,(H,28,33). The van der Waals surface area contributed by atoms with Crippen molar-refractivity contribution in [2.75, 3.05) is 45.9 Å². The molecule has 0 spiro atoms. The number of aromatic nitrogens is 1. The first-order chi connectivity index (χ1) is 16.9. The van der Waals surface area contributed by atoms with Crippen molar-refractivity contribution < 1.29 is 19.1 Å². The number of esters is 1. The number of aryl methyl sites for hydroxylation is 1. The Kier molecular flexibility index (Phi) is 10.6. The van der Waals surface area contributed by atoms with Gasteiger partial charge in [0.15, 0.2) is 0 Å². The van der Waals surface area contributed by atoms with Crippen molar-refractivity contribution in [1.82, 2.24) is 20.1 Å². The summed E-state index contributed by atoms with van der Waals surface area (Å²) in [5.41, 5.74) is 3.26. The lowest BCUT2D eigenvalue weighted by Crippen LogP contribution is -2.43.